The fraction of sp³-hybridized carbons (Fsp3) is 0.0909. The summed E-state index contributed by atoms with van der Waals surface area (Å²) in [5, 5.41) is 13.6. The van der Waals surface area contributed by atoms with E-state index < -0.39 is 5.97 Å². The summed E-state index contributed by atoms with van der Waals surface area (Å²) >= 11 is 0. The van der Waals surface area contributed by atoms with Gasteiger partial charge in [0.25, 0.3) is 0 Å². The number of anilines is 1. The van der Waals surface area contributed by atoms with Crippen LogP contribution in [-0.2, 0) is 0 Å². The van der Waals surface area contributed by atoms with Crippen LogP contribution in [0.15, 0.2) is 77.9 Å². The first-order valence-electron chi connectivity index (χ1n) is 8.56. The Morgan fingerprint density at radius 3 is 1.57 bits per heavy atom. The molecule has 3 aromatic rings. The van der Waals surface area contributed by atoms with Crippen molar-refractivity contribution >= 4 is 17.4 Å². The Morgan fingerprint density at radius 2 is 1.18 bits per heavy atom. The number of benzene rings is 3. The topological polar surface area (TPSA) is 80.2 Å². The van der Waals surface area contributed by atoms with Crippen LogP contribution in [0.25, 0.3) is 0 Å². The van der Waals surface area contributed by atoms with Crippen LogP contribution >= 0.6 is 0 Å². The molecular formula is C22H20N2O4. The molecular weight excluding hydrogens is 356 g/mol. The van der Waals surface area contributed by atoms with Gasteiger partial charge < -0.3 is 14.6 Å². The van der Waals surface area contributed by atoms with Crippen molar-refractivity contribution in [2.24, 2.45) is 5.10 Å². The number of nitrogens with zero attached hydrogens (tertiary/aromatic N) is 1. The Labute approximate surface area is 163 Å². The van der Waals surface area contributed by atoms with Crippen LogP contribution in [0.1, 0.15) is 21.5 Å². The molecule has 3 aromatic carbocycles. The fourth-order valence-corrected chi connectivity index (χ4v) is 2.60. The zero-order chi connectivity index (χ0) is 19.9. The molecule has 0 aromatic heterocycles. The summed E-state index contributed by atoms with van der Waals surface area (Å²) in [4.78, 5) is 11.0. The Bertz CT molecular complexity index is 913. The molecule has 0 aliphatic carbocycles. The molecule has 0 amide bonds. The zero-order valence-electron chi connectivity index (χ0n) is 15.5. The number of methoxy groups -OCH3 is 2. The predicted molar refractivity (Wildman–Crippen MR) is 109 cm³/mol. The number of carboxylic acids is 1. The molecule has 3 rings (SSSR count). The number of aromatic carboxylic acids is 1. The van der Waals surface area contributed by atoms with Gasteiger partial charge in [0.2, 0.25) is 0 Å². The maximum atomic E-state index is 11.0. The number of ether oxygens (including phenoxy) is 2. The van der Waals surface area contributed by atoms with E-state index in [0.29, 0.717) is 5.69 Å². The Kier molecular flexibility index (Phi) is 5.91. The minimum absolute atomic E-state index is 0.222. The van der Waals surface area contributed by atoms with E-state index in [-0.39, 0.29) is 5.56 Å². The quantitative estimate of drug-likeness (QED) is 0.476. The van der Waals surface area contributed by atoms with Crippen molar-refractivity contribution in [3.05, 3.63) is 89.5 Å². The molecule has 142 valence electrons. The first-order valence-corrected chi connectivity index (χ1v) is 8.56. The maximum absolute atomic E-state index is 11.0. The van der Waals surface area contributed by atoms with Crippen LogP contribution in [0.4, 0.5) is 5.69 Å². The van der Waals surface area contributed by atoms with Gasteiger partial charge in [-0.25, -0.2) is 4.79 Å². The van der Waals surface area contributed by atoms with E-state index in [9.17, 15) is 4.79 Å². The van der Waals surface area contributed by atoms with E-state index in [2.05, 4.69) is 10.5 Å². The SMILES string of the molecule is COc1ccc(C(=NNc2ccc(C(=O)O)cc2)c2ccc(OC)cc2)cc1. The second kappa shape index (κ2) is 8.73. The lowest BCUT2D eigenvalue weighted by atomic mass is 10.0. The van der Waals surface area contributed by atoms with Crippen LogP contribution in [0.2, 0.25) is 0 Å². The third-order valence-electron chi connectivity index (χ3n) is 4.16. The van der Waals surface area contributed by atoms with E-state index in [1.54, 1.807) is 26.4 Å². The molecule has 0 spiro atoms. The first kappa shape index (κ1) is 19.0. The van der Waals surface area contributed by atoms with Crippen LogP contribution in [0.3, 0.4) is 0 Å². The molecule has 2 N–H and O–H groups in total. The lowest BCUT2D eigenvalue weighted by Crippen LogP contribution is -2.07. The van der Waals surface area contributed by atoms with E-state index in [0.717, 1.165) is 28.3 Å². The zero-order valence-corrected chi connectivity index (χ0v) is 15.5. The molecule has 0 bridgehead atoms. The van der Waals surface area contributed by atoms with Crippen LogP contribution < -0.4 is 14.9 Å². The van der Waals surface area contributed by atoms with E-state index in [1.807, 2.05) is 48.5 Å². The molecule has 0 fully saturated rings. The number of hydrogen-bond acceptors (Lipinski definition) is 5. The lowest BCUT2D eigenvalue weighted by Gasteiger charge is -2.10. The van der Waals surface area contributed by atoms with Gasteiger partial charge in [-0.2, -0.15) is 5.10 Å². The monoisotopic (exact) mass is 376 g/mol. The van der Waals surface area contributed by atoms with Gasteiger partial charge >= 0.3 is 5.97 Å². The second-order valence-electron chi connectivity index (χ2n) is 5.91. The Morgan fingerprint density at radius 1 is 0.750 bits per heavy atom. The summed E-state index contributed by atoms with van der Waals surface area (Å²) in [6, 6.07) is 21.6. The summed E-state index contributed by atoms with van der Waals surface area (Å²) in [6.45, 7) is 0. The molecule has 28 heavy (non-hydrogen) atoms. The standard InChI is InChI=1S/C22H20N2O4/c1-27-19-11-5-15(6-12-19)21(16-7-13-20(28-2)14-8-16)24-23-18-9-3-17(4-10-18)22(25)26/h3-14,23H,1-2H3,(H,25,26). The highest BCUT2D eigenvalue weighted by molar-refractivity contribution is 6.13. The van der Waals surface area contributed by atoms with Crippen molar-refractivity contribution in [1.82, 2.24) is 0 Å². The molecule has 6 heteroatoms. The van der Waals surface area contributed by atoms with Crippen LogP contribution in [0.5, 0.6) is 11.5 Å². The van der Waals surface area contributed by atoms with Crippen molar-refractivity contribution in [3.8, 4) is 11.5 Å². The number of carbonyl (C=O) groups is 1. The molecule has 0 saturated carbocycles. The lowest BCUT2D eigenvalue weighted by molar-refractivity contribution is 0.0697. The van der Waals surface area contributed by atoms with E-state index >= 15 is 0 Å². The molecule has 0 aliphatic heterocycles. The van der Waals surface area contributed by atoms with Gasteiger partial charge in [-0.15, -0.1) is 0 Å². The summed E-state index contributed by atoms with van der Waals surface area (Å²) in [7, 11) is 3.24. The summed E-state index contributed by atoms with van der Waals surface area (Å²) in [5.74, 6) is 0.553. The second-order valence-corrected chi connectivity index (χ2v) is 5.91. The third kappa shape index (κ3) is 4.48. The fourth-order valence-electron chi connectivity index (χ4n) is 2.60. The average molecular weight is 376 g/mol. The van der Waals surface area contributed by atoms with Gasteiger partial charge in [-0.05, 0) is 72.8 Å². The van der Waals surface area contributed by atoms with Gasteiger partial charge in [0.15, 0.2) is 0 Å². The summed E-state index contributed by atoms with van der Waals surface area (Å²) < 4.78 is 10.4. The molecule has 6 nitrogen and oxygen atoms in total. The van der Waals surface area contributed by atoms with Gasteiger partial charge in [-0.3, -0.25) is 5.43 Å². The van der Waals surface area contributed by atoms with Crippen molar-refractivity contribution in [2.75, 3.05) is 19.6 Å². The highest BCUT2D eigenvalue weighted by Crippen LogP contribution is 2.19. The van der Waals surface area contributed by atoms with Crippen molar-refractivity contribution in [3.63, 3.8) is 0 Å². The van der Waals surface area contributed by atoms with Crippen LogP contribution in [-0.4, -0.2) is 31.0 Å². The highest BCUT2D eigenvalue weighted by atomic mass is 16.5. The first-order chi connectivity index (χ1) is 13.6. The number of hydrazone groups is 1. The molecule has 0 heterocycles. The Balaban J connectivity index is 1.93. The summed E-state index contributed by atoms with van der Waals surface area (Å²) in [5.41, 5.74) is 6.44. The molecule has 0 unspecified atom stereocenters. The smallest absolute Gasteiger partial charge is 0.335 e. The molecule has 0 atom stereocenters. The van der Waals surface area contributed by atoms with Crippen LogP contribution in [0, 0.1) is 0 Å². The van der Waals surface area contributed by atoms with Crippen molar-refractivity contribution in [1.29, 1.82) is 0 Å². The Hall–Kier alpha value is -3.80. The predicted octanol–water partition coefficient (Wildman–Crippen LogP) is 4.27. The van der Waals surface area contributed by atoms with Crippen molar-refractivity contribution < 1.29 is 19.4 Å². The number of nitrogens with one attached hydrogen (secondary N) is 1. The van der Waals surface area contributed by atoms with Gasteiger partial charge in [-0.1, -0.05) is 0 Å². The third-order valence-corrected chi connectivity index (χ3v) is 4.16. The largest absolute Gasteiger partial charge is 0.497 e. The highest BCUT2D eigenvalue weighted by Gasteiger charge is 2.09. The maximum Gasteiger partial charge on any atom is 0.335 e. The van der Waals surface area contributed by atoms with Gasteiger partial charge in [0, 0.05) is 11.1 Å². The molecule has 0 radical (unpaired) electrons. The average Bonchev–Trinajstić information content (AvgIpc) is 2.75. The molecule has 0 saturated heterocycles. The minimum atomic E-state index is -0.966. The van der Waals surface area contributed by atoms with E-state index in [4.69, 9.17) is 14.6 Å². The minimum Gasteiger partial charge on any atom is -0.497 e. The van der Waals surface area contributed by atoms with E-state index in [1.165, 1.54) is 12.1 Å². The normalized spacial score (nSPS) is 10.1. The van der Waals surface area contributed by atoms with Crippen molar-refractivity contribution in [2.45, 2.75) is 0 Å². The number of carboxylic acid groups (broad SMARTS) is 1. The van der Waals surface area contributed by atoms with Gasteiger partial charge in [0.05, 0.1) is 31.2 Å². The summed E-state index contributed by atoms with van der Waals surface area (Å²) in [6.07, 6.45) is 0. The number of rotatable bonds is 7. The van der Waals surface area contributed by atoms with Gasteiger partial charge in [0.1, 0.15) is 11.5 Å². The number of hydrogen-bond donors (Lipinski definition) is 2. The molecule has 0 aliphatic rings.